The maximum absolute atomic E-state index is 12.4. The highest BCUT2D eigenvalue weighted by Gasteiger charge is 2.29. The largest absolute Gasteiger partial charge is 0.480 e. The molecule has 1 aromatic carbocycles. The lowest BCUT2D eigenvalue weighted by atomic mass is 9.87. The summed E-state index contributed by atoms with van der Waals surface area (Å²) in [4.78, 5) is 26.6. The lowest BCUT2D eigenvalue weighted by molar-refractivity contribution is -0.128. The van der Waals surface area contributed by atoms with E-state index in [4.69, 9.17) is 4.74 Å². The molecular formula is C20H22N2O3S. The average Bonchev–Trinajstić information content (AvgIpc) is 3.28. The van der Waals surface area contributed by atoms with Gasteiger partial charge in [0.15, 0.2) is 6.10 Å². The van der Waals surface area contributed by atoms with Gasteiger partial charge in [-0.1, -0.05) is 31.5 Å². The molecule has 2 heterocycles. The van der Waals surface area contributed by atoms with E-state index in [1.54, 1.807) is 0 Å². The van der Waals surface area contributed by atoms with Crippen LogP contribution in [-0.4, -0.2) is 17.9 Å². The van der Waals surface area contributed by atoms with Gasteiger partial charge in [-0.15, -0.1) is 11.3 Å². The van der Waals surface area contributed by atoms with Crippen molar-refractivity contribution >= 4 is 23.2 Å². The summed E-state index contributed by atoms with van der Waals surface area (Å²) in [6.45, 7) is 2.22. The number of para-hydroxylation sites is 1. The highest BCUT2D eigenvalue weighted by molar-refractivity contribution is 7.14. The number of carbonyl (C=O) groups excluding carboxylic acids is 2. The van der Waals surface area contributed by atoms with E-state index < -0.39 is 6.10 Å². The molecule has 1 aliphatic heterocycles. The SMILES string of the molecule is CC[C@@H]1CCc2sc(C(=O)NNC(=O)[C@@H]3Cc4ccccc4O3)cc2C1. The van der Waals surface area contributed by atoms with Crippen molar-refractivity contribution in [3.05, 3.63) is 51.2 Å². The number of fused-ring (bicyclic) bond motifs is 2. The fourth-order valence-electron chi connectivity index (χ4n) is 3.65. The molecule has 2 aromatic rings. The second kappa shape index (κ2) is 7.11. The van der Waals surface area contributed by atoms with E-state index >= 15 is 0 Å². The Balaban J connectivity index is 1.33. The van der Waals surface area contributed by atoms with Crippen LogP contribution in [0.1, 0.15) is 45.4 Å². The van der Waals surface area contributed by atoms with Crippen LogP contribution in [0.15, 0.2) is 30.3 Å². The molecule has 1 aromatic heterocycles. The fraction of sp³-hybridized carbons (Fsp3) is 0.400. The molecule has 136 valence electrons. The van der Waals surface area contributed by atoms with E-state index in [0.29, 0.717) is 17.2 Å². The van der Waals surface area contributed by atoms with E-state index in [1.165, 1.54) is 34.6 Å². The second-order valence-electron chi connectivity index (χ2n) is 6.94. The maximum atomic E-state index is 12.4. The number of carbonyl (C=O) groups is 2. The van der Waals surface area contributed by atoms with Crippen molar-refractivity contribution in [3.8, 4) is 5.75 Å². The topological polar surface area (TPSA) is 67.4 Å². The van der Waals surface area contributed by atoms with E-state index in [2.05, 4.69) is 17.8 Å². The zero-order valence-corrected chi connectivity index (χ0v) is 15.5. The summed E-state index contributed by atoms with van der Waals surface area (Å²) >= 11 is 1.54. The van der Waals surface area contributed by atoms with Crippen LogP contribution < -0.4 is 15.6 Å². The predicted octanol–water partition coefficient (Wildman–Crippen LogP) is 3.03. The van der Waals surface area contributed by atoms with Crippen LogP contribution >= 0.6 is 11.3 Å². The second-order valence-corrected chi connectivity index (χ2v) is 8.07. The first-order valence-electron chi connectivity index (χ1n) is 9.10. The Bertz CT molecular complexity index is 820. The third kappa shape index (κ3) is 3.33. The summed E-state index contributed by atoms with van der Waals surface area (Å²) in [5.74, 6) is 0.854. The van der Waals surface area contributed by atoms with Gasteiger partial charge in [0.25, 0.3) is 11.8 Å². The zero-order valence-electron chi connectivity index (χ0n) is 14.7. The summed E-state index contributed by atoms with van der Waals surface area (Å²) in [7, 11) is 0. The lowest BCUT2D eigenvalue weighted by Crippen LogP contribution is -2.47. The first-order valence-corrected chi connectivity index (χ1v) is 9.92. The summed E-state index contributed by atoms with van der Waals surface area (Å²) in [6, 6.07) is 9.57. The molecule has 2 aliphatic rings. The normalized spacial score (nSPS) is 20.7. The van der Waals surface area contributed by atoms with E-state index in [0.717, 1.165) is 24.2 Å². The summed E-state index contributed by atoms with van der Waals surface area (Å²) in [5, 5.41) is 0. The number of hydrogen-bond donors (Lipinski definition) is 2. The number of ether oxygens (including phenoxy) is 1. The molecule has 0 spiro atoms. The van der Waals surface area contributed by atoms with Gasteiger partial charge in [-0.05, 0) is 48.4 Å². The van der Waals surface area contributed by atoms with E-state index in [-0.39, 0.29) is 11.8 Å². The smallest absolute Gasteiger partial charge is 0.279 e. The minimum Gasteiger partial charge on any atom is -0.480 e. The number of nitrogens with one attached hydrogen (secondary N) is 2. The third-order valence-electron chi connectivity index (χ3n) is 5.22. The van der Waals surface area contributed by atoms with Gasteiger partial charge in [-0.3, -0.25) is 20.4 Å². The summed E-state index contributed by atoms with van der Waals surface area (Å²) in [5.41, 5.74) is 7.33. The number of rotatable bonds is 3. The van der Waals surface area contributed by atoms with Gasteiger partial charge in [0.1, 0.15) is 5.75 Å². The lowest BCUT2D eigenvalue weighted by Gasteiger charge is -2.19. The Morgan fingerprint density at radius 1 is 1.19 bits per heavy atom. The average molecular weight is 370 g/mol. The Kier molecular flexibility index (Phi) is 4.68. The van der Waals surface area contributed by atoms with Gasteiger partial charge < -0.3 is 4.74 Å². The first-order chi connectivity index (χ1) is 12.6. The molecule has 6 heteroatoms. The quantitative estimate of drug-likeness (QED) is 0.816. The van der Waals surface area contributed by atoms with Crippen molar-refractivity contribution in [2.45, 2.75) is 45.1 Å². The van der Waals surface area contributed by atoms with Gasteiger partial charge in [-0.25, -0.2) is 0 Å². The third-order valence-corrected chi connectivity index (χ3v) is 6.46. The molecule has 5 nitrogen and oxygen atoms in total. The molecule has 0 bridgehead atoms. The van der Waals surface area contributed by atoms with Crippen molar-refractivity contribution in [2.75, 3.05) is 0 Å². The number of benzene rings is 1. The van der Waals surface area contributed by atoms with Crippen LogP contribution in [0.2, 0.25) is 0 Å². The molecule has 26 heavy (non-hydrogen) atoms. The van der Waals surface area contributed by atoms with Gasteiger partial charge >= 0.3 is 0 Å². The fourth-order valence-corrected chi connectivity index (χ4v) is 4.75. The Labute approximate surface area is 156 Å². The van der Waals surface area contributed by atoms with Gasteiger partial charge in [0, 0.05) is 11.3 Å². The van der Waals surface area contributed by atoms with Gasteiger partial charge in [0.2, 0.25) is 0 Å². The van der Waals surface area contributed by atoms with Crippen LogP contribution in [0.4, 0.5) is 0 Å². The maximum Gasteiger partial charge on any atom is 0.279 e. The number of hydrazine groups is 1. The number of thiophene rings is 1. The monoisotopic (exact) mass is 370 g/mol. The first kappa shape index (κ1) is 17.1. The molecule has 0 fully saturated rings. The summed E-state index contributed by atoms with van der Waals surface area (Å²) in [6.07, 6.45) is 4.39. The molecule has 0 saturated heterocycles. The molecular weight excluding hydrogens is 348 g/mol. The van der Waals surface area contributed by atoms with E-state index in [1.807, 2.05) is 30.3 Å². The molecule has 1 aliphatic carbocycles. The van der Waals surface area contributed by atoms with Gasteiger partial charge in [-0.2, -0.15) is 0 Å². The standard InChI is InChI=1S/C20H22N2O3S/c1-2-12-7-8-17-14(9-12)11-18(26-17)20(24)22-21-19(23)16-10-13-5-3-4-6-15(13)25-16/h3-6,11-12,16H,2,7-10H2,1H3,(H,21,23)(H,22,24)/t12-,16+/m1/s1. The molecule has 2 N–H and O–H groups in total. The van der Waals surface area contributed by atoms with Crippen LogP contribution in [0.3, 0.4) is 0 Å². The minimum absolute atomic E-state index is 0.263. The van der Waals surface area contributed by atoms with Crippen LogP contribution in [-0.2, 0) is 24.1 Å². The highest BCUT2D eigenvalue weighted by atomic mass is 32.1. The van der Waals surface area contributed by atoms with Crippen molar-refractivity contribution < 1.29 is 14.3 Å². The molecule has 4 rings (SSSR count). The Morgan fingerprint density at radius 3 is 2.85 bits per heavy atom. The molecule has 0 saturated carbocycles. The Morgan fingerprint density at radius 2 is 2.04 bits per heavy atom. The zero-order chi connectivity index (χ0) is 18.1. The molecule has 0 radical (unpaired) electrons. The van der Waals surface area contributed by atoms with Crippen molar-refractivity contribution in [2.24, 2.45) is 5.92 Å². The number of aryl methyl sites for hydroxylation is 1. The molecule has 2 amide bonds. The van der Waals surface area contributed by atoms with E-state index in [9.17, 15) is 9.59 Å². The molecule has 2 atom stereocenters. The van der Waals surface area contributed by atoms with Crippen molar-refractivity contribution in [1.82, 2.24) is 10.9 Å². The Hall–Kier alpha value is -2.34. The minimum atomic E-state index is -0.602. The van der Waals surface area contributed by atoms with Crippen molar-refractivity contribution in [3.63, 3.8) is 0 Å². The van der Waals surface area contributed by atoms with Crippen LogP contribution in [0.5, 0.6) is 5.75 Å². The number of hydrogen-bond acceptors (Lipinski definition) is 4. The molecule has 0 unspecified atom stereocenters. The predicted molar refractivity (Wildman–Crippen MR) is 100 cm³/mol. The van der Waals surface area contributed by atoms with Gasteiger partial charge in [0.05, 0.1) is 4.88 Å². The summed E-state index contributed by atoms with van der Waals surface area (Å²) < 4.78 is 5.64. The van der Waals surface area contributed by atoms with Crippen LogP contribution in [0, 0.1) is 5.92 Å². The van der Waals surface area contributed by atoms with Crippen molar-refractivity contribution in [1.29, 1.82) is 0 Å². The number of amides is 2. The highest BCUT2D eigenvalue weighted by Crippen LogP contribution is 2.33. The van der Waals surface area contributed by atoms with Crippen LogP contribution in [0.25, 0.3) is 0 Å².